The van der Waals surface area contributed by atoms with Crippen LogP contribution in [-0.4, -0.2) is 111 Å². The van der Waals surface area contributed by atoms with Crippen LogP contribution >= 0.6 is 0 Å². The van der Waals surface area contributed by atoms with Crippen molar-refractivity contribution in [3.63, 3.8) is 0 Å². The molecule has 12 heteroatoms. The van der Waals surface area contributed by atoms with Crippen LogP contribution in [0.3, 0.4) is 0 Å². The Bertz CT molecular complexity index is 1390. The number of esters is 3. The summed E-state index contributed by atoms with van der Waals surface area (Å²) in [6.07, 6.45) is 52.7. The first kappa shape index (κ1) is 75.3. The van der Waals surface area contributed by atoms with Gasteiger partial charge in [-0.25, -0.2) is 0 Å². The van der Waals surface area contributed by atoms with E-state index in [1.807, 2.05) is 0 Å². The highest BCUT2D eigenvalue weighted by Gasteiger charge is 2.32. The summed E-state index contributed by atoms with van der Waals surface area (Å²) in [5.74, 6) is -0.375. The summed E-state index contributed by atoms with van der Waals surface area (Å²) in [6, 6.07) is -1.00. The Labute approximate surface area is 493 Å². The lowest BCUT2D eigenvalue weighted by atomic mass is 10.0. The van der Waals surface area contributed by atoms with E-state index in [0.29, 0.717) is 51.9 Å². The minimum absolute atomic E-state index is 0.0543. The van der Waals surface area contributed by atoms with Crippen molar-refractivity contribution in [2.45, 2.75) is 348 Å². The number of nitrogens with one attached hydrogen (secondary N) is 2. The largest absolute Gasteiger partial charge is 0.466 e. The summed E-state index contributed by atoms with van der Waals surface area (Å²) >= 11 is 0. The van der Waals surface area contributed by atoms with E-state index in [4.69, 9.17) is 14.2 Å². The van der Waals surface area contributed by atoms with Gasteiger partial charge in [0.2, 0.25) is 11.8 Å². The van der Waals surface area contributed by atoms with Gasteiger partial charge in [0.05, 0.1) is 19.8 Å². The molecule has 0 aliphatic carbocycles. The standard InChI is InChI=1S/C68H130N4O8/c1-5-9-13-17-21-22-23-24-25-29-33-39-53-71(56-42-45-59-78-64(73)50-34-30-26-18-14-10-6-2)54-40-37-48-62-67(76)70-63(68(77)69-62)49-38-41-55-72(57-43-46-60-79-65(74)51-35-31-27-19-15-11-7-3)58-44-47-61-80-66(75)52-36-32-28-20-16-12-8-4/h62-63H,5-61H2,1-4H3,(H,69,77)(H,70,76). The number of hydrogen-bond donors (Lipinski definition) is 2. The van der Waals surface area contributed by atoms with Crippen molar-refractivity contribution >= 4 is 29.7 Å². The van der Waals surface area contributed by atoms with E-state index in [0.717, 1.165) is 142 Å². The molecule has 80 heavy (non-hydrogen) atoms. The van der Waals surface area contributed by atoms with Crippen LogP contribution in [0.15, 0.2) is 0 Å². The molecule has 1 aliphatic heterocycles. The summed E-state index contributed by atoms with van der Waals surface area (Å²) in [5.41, 5.74) is 0. The van der Waals surface area contributed by atoms with Crippen molar-refractivity contribution in [2.75, 3.05) is 59.1 Å². The zero-order valence-electron chi connectivity index (χ0n) is 53.1. The van der Waals surface area contributed by atoms with Gasteiger partial charge >= 0.3 is 17.9 Å². The smallest absolute Gasteiger partial charge is 0.305 e. The number of piperazine rings is 1. The highest BCUT2D eigenvalue weighted by molar-refractivity contribution is 5.96. The van der Waals surface area contributed by atoms with Crippen molar-refractivity contribution < 1.29 is 38.2 Å². The first-order valence-electron chi connectivity index (χ1n) is 34.8. The molecule has 1 aliphatic rings. The number of amides is 2. The summed E-state index contributed by atoms with van der Waals surface area (Å²) < 4.78 is 16.8. The van der Waals surface area contributed by atoms with Gasteiger partial charge < -0.3 is 34.6 Å². The molecular formula is C68H130N4O8. The second-order valence-electron chi connectivity index (χ2n) is 24.1. The number of rotatable bonds is 62. The molecule has 2 N–H and O–H groups in total. The Morgan fingerprint density at radius 3 is 0.775 bits per heavy atom. The quantitative estimate of drug-likeness (QED) is 0.0343. The van der Waals surface area contributed by atoms with Crippen molar-refractivity contribution in [1.82, 2.24) is 20.4 Å². The lowest BCUT2D eigenvalue weighted by Gasteiger charge is -2.30. The molecule has 1 rings (SSSR count). The lowest BCUT2D eigenvalue weighted by molar-refractivity contribution is -0.144. The number of ether oxygens (including phenoxy) is 3. The number of carbonyl (C=O) groups excluding carboxylic acids is 5. The van der Waals surface area contributed by atoms with E-state index in [-0.39, 0.29) is 29.7 Å². The van der Waals surface area contributed by atoms with Gasteiger partial charge in [-0.3, -0.25) is 24.0 Å². The van der Waals surface area contributed by atoms with Crippen LogP contribution in [-0.2, 0) is 38.2 Å². The molecule has 0 radical (unpaired) electrons. The van der Waals surface area contributed by atoms with Gasteiger partial charge in [0.1, 0.15) is 12.1 Å². The van der Waals surface area contributed by atoms with Gasteiger partial charge in [0.25, 0.3) is 0 Å². The zero-order valence-corrected chi connectivity index (χ0v) is 53.1. The van der Waals surface area contributed by atoms with Crippen LogP contribution in [0, 0.1) is 0 Å². The average Bonchev–Trinajstić information content (AvgIpc) is 3.47. The molecule has 12 nitrogen and oxygen atoms in total. The number of hydrogen-bond acceptors (Lipinski definition) is 10. The van der Waals surface area contributed by atoms with E-state index in [1.54, 1.807) is 0 Å². The van der Waals surface area contributed by atoms with E-state index in [2.05, 4.69) is 48.1 Å². The fourth-order valence-corrected chi connectivity index (χ4v) is 11.1. The van der Waals surface area contributed by atoms with Crippen molar-refractivity contribution in [1.29, 1.82) is 0 Å². The molecule has 0 aromatic heterocycles. The molecule has 1 heterocycles. The predicted molar refractivity (Wildman–Crippen MR) is 334 cm³/mol. The fraction of sp³-hybridized carbons (Fsp3) is 0.926. The zero-order chi connectivity index (χ0) is 58.0. The second-order valence-corrected chi connectivity index (χ2v) is 24.1. The molecule has 0 aromatic carbocycles. The predicted octanol–water partition coefficient (Wildman–Crippen LogP) is 17.0. The summed E-state index contributed by atoms with van der Waals surface area (Å²) in [6.45, 7) is 16.1. The van der Waals surface area contributed by atoms with Crippen LogP contribution in [0.2, 0.25) is 0 Å². The number of nitrogens with zero attached hydrogens (tertiary/aromatic N) is 2. The maximum atomic E-state index is 13.3. The van der Waals surface area contributed by atoms with Gasteiger partial charge in [-0.05, 0) is 142 Å². The van der Waals surface area contributed by atoms with Gasteiger partial charge in [-0.2, -0.15) is 0 Å². The Kier molecular flexibility index (Phi) is 54.6. The van der Waals surface area contributed by atoms with E-state index in [9.17, 15) is 24.0 Å². The average molecular weight is 1130 g/mol. The maximum absolute atomic E-state index is 13.3. The molecule has 2 amide bonds. The van der Waals surface area contributed by atoms with E-state index in [1.165, 1.54) is 173 Å². The van der Waals surface area contributed by atoms with Gasteiger partial charge in [0, 0.05) is 19.3 Å². The van der Waals surface area contributed by atoms with E-state index < -0.39 is 12.1 Å². The van der Waals surface area contributed by atoms with Crippen LogP contribution in [0.5, 0.6) is 0 Å². The third-order valence-corrected chi connectivity index (χ3v) is 16.4. The van der Waals surface area contributed by atoms with Crippen LogP contribution in [0.25, 0.3) is 0 Å². The monoisotopic (exact) mass is 1130 g/mol. The molecule has 1 fully saturated rings. The molecule has 2 atom stereocenters. The summed E-state index contributed by atoms with van der Waals surface area (Å²) in [5, 5.41) is 6.13. The third-order valence-electron chi connectivity index (χ3n) is 16.4. The minimum atomic E-state index is -0.510. The van der Waals surface area contributed by atoms with Crippen LogP contribution in [0.1, 0.15) is 336 Å². The van der Waals surface area contributed by atoms with Crippen LogP contribution < -0.4 is 10.6 Å². The number of carbonyl (C=O) groups is 5. The third kappa shape index (κ3) is 48.8. The Morgan fingerprint density at radius 2 is 0.512 bits per heavy atom. The lowest BCUT2D eigenvalue weighted by Crippen LogP contribution is -2.61. The van der Waals surface area contributed by atoms with Crippen LogP contribution in [0.4, 0.5) is 0 Å². The first-order valence-corrected chi connectivity index (χ1v) is 34.8. The van der Waals surface area contributed by atoms with Crippen molar-refractivity contribution in [3.05, 3.63) is 0 Å². The molecule has 0 bridgehead atoms. The first-order chi connectivity index (χ1) is 39.2. The highest BCUT2D eigenvalue weighted by Crippen LogP contribution is 2.17. The minimum Gasteiger partial charge on any atom is -0.466 e. The molecule has 2 unspecified atom stereocenters. The fourth-order valence-electron chi connectivity index (χ4n) is 11.1. The topological polar surface area (TPSA) is 144 Å². The highest BCUT2D eigenvalue weighted by atomic mass is 16.5. The van der Waals surface area contributed by atoms with Crippen molar-refractivity contribution in [2.24, 2.45) is 0 Å². The molecule has 470 valence electrons. The number of unbranched alkanes of at least 4 members (excludes halogenated alkanes) is 34. The molecule has 0 spiro atoms. The molecule has 0 saturated carbocycles. The normalized spacial score (nSPS) is 14.5. The molecular weight excluding hydrogens is 1000 g/mol. The SMILES string of the molecule is CCCCCCCCCCCCCCN(CCCCOC(=O)CCCCCCCCC)CCCCC1NC(=O)C(CCCCN(CCCCOC(=O)CCCCCCCCC)CCCCOC(=O)CCCCCCCCC)NC1=O. The maximum Gasteiger partial charge on any atom is 0.305 e. The van der Waals surface area contributed by atoms with Gasteiger partial charge in [-0.1, -0.05) is 214 Å². The van der Waals surface area contributed by atoms with Gasteiger partial charge in [0.15, 0.2) is 0 Å². The Morgan fingerprint density at radius 1 is 0.300 bits per heavy atom. The van der Waals surface area contributed by atoms with E-state index >= 15 is 0 Å². The Hall–Kier alpha value is -2.73. The second kappa shape index (κ2) is 58.1. The van der Waals surface area contributed by atoms with Crippen molar-refractivity contribution in [3.8, 4) is 0 Å². The Balaban J connectivity index is 2.54. The summed E-state index contributed by atoms with van der Waals surface area (Å²) in [4.78, 5) is 68.7. The summed E-state index contributed by atoms with van der Waals surface area (Å²) in [7, 11) is 0. The molecule has 1 saturated heterocycles. The van der Waals surface area contributed by atoms with Gasteiger partial charge in [-0.15, -0.1) is 0 Å². The molecule has 0 aromatic rings.